The van der Waals surface area contributed by atoms with E-state index in [1.165, 1.54) is 28.8 Å². The molecule has 0 aromatic heterocycles. The molecule has 1 N–H and O–H groups in total. The Hall–Kier alpha value is -2.33. The summed E-state index contributed by atoms with van der Waals surface area (Å²) in [6.07, 6.45) is 7.31. The Kier molecular flexibility index (Phi) is 8.31. The number of fused-ring (bicyclic) bond motifs is 1. The fourth-order valence-electron chi connectivity index (χ4n) is 5.56. The predicted molar refractivity (Wildman–Crippen MR) is 143 cm³/mol. The van der Waals surface area contributed by atoms with Crippen LogP contribution in [0.1, 0.15) is 82.0 Å². The van der Waals surface area contributed by atoms with Crippen LogP contribution in [0.5, 0.6) is 0 Å². The number of nitrogens with one attached hydrogen (secondary N) is 1. The summed E-state index contributed by atoms with van der Waals surface area (Å²) in [5.41, 5.74) is 5.74. The second-order valence-electron chi connectivity index (χ2n) is 11.1. The highest BCUT2D eigenvalue weighted by molar-refractivity contribution is 5.76. The molecule has 1 fully saturated rings. The molecular weight excluding hydrogens is 418 g/mol. The lowest BCUT2D eigenvalue weighted by molar-refractivity contribution is -0.122. The number of carbonyl (C=O) groups is 1. The first-order valence-corrected chi connectivity index (χ1v) is 13.4. The van der Waals surface area contributed by atoms with E-state index in [4.69, 9.17) is 0 Å². The van der Waals surface area contributed by atoms with Crippen LogP contribution >= 0.6 is 0 Å². The third kappa shape index (κ3) is 6.41. The summed E-state index contributed by atoms with van der Waals surface area (Å²) in [6.45, 7) is 12.5. The third-order valence-electron chi connectivity index (χ3n) is 7.51. The van der Waals surface area contributed by atoms with Gasteiger partial charge in [-0.1, -0.05) is 69.7 Å². The van der Waals surface area contributed by atoms with Gasteiger partial charge in [0.2, 0.25) is 5.91 Å². The first-order chi connectivity index (χ1) is 16.4. The maximum absolute atomic E-state index is 12.5. The molecule has 2 aliphatic rings. The third-order valence-corrected chi connectivity index (χ3v) is 7.51. The standard InChI is InChI=1S/C30H43N3O/c1-30(2,3)26-15-8-9-17-28(26)33-22-20-32(21-23-33)19-10-4-5-18-29(34)31-27-16-11-13-24-12-6-7-14-25(24)27/h6-9,12,14-15,17,27H,4-5,10-11,13,16,18-23H2,1-3H3,(H,31,34). The molecule has 0 saturated carbocycles. The quantitative estimate of drug-likeness (QED) is 0.500. The van der Waals surface area contributed by atoms with Crippen molar-refractivity contribution >= 4 is 11.6 Å². The number of nitrogens with zero attached hydrogens (tertiary/aromatic N) is 2. The molecule has 2 aromatic rings. The fraction of sp³-hybridized carbons (Fsp3) is 0.567. The maximum Gasteiger partial charge on any atom is 0.220 e. The highest BCUT2D eigenvalue weighted by Crippen LogP contribution is 2.32. The molecule has 4 heteroatoms. The van der Waals surface area contributed by atoms with Crippen LogP contribution in [0.4, 0.5) is 5.69 Å². The van der Waals surface area contributed by atoms with E-state index in [9.17, 15) is 4.79 Å². The summed E-state index contributed by atoms with van der Waals surface area (Å²) in [5, 5.41) is 3.30. The SMILES string of the molecule is CC(C)(C)c1ccccc1N1CCN(CCCCCC(=O)NC2CCCc3ccccc32)CC1. The molecular formula is C30H43N3O. The molecule has 1 unspecified atom stereocenters. The van der Waals surface area contributed by atoms with Gasteiger partial charge in [-0.2, -0.15) is 0 Å². The number of amides is 1. The van der Waals surface area contributed by atoms with E-state index >= 15 is 0 Å². The molecule has 4 nitrogen and oxygen atoms in total. The molecule has 0 radical (unpaired) electrons. The number of anilines is 1. The number of benzene rings is 2. The zero-order valence-corrected chi connectivity index (χ0v) is 21.5. The second-order valence-corrected chi connectivity index (χ2v) is 11.1. The zero-order chi connectivity index (χ0) is 24.0. The van der Waals surface area contributed by atoms with Gasteiger partial charge in [0.1, 0.15) is 0 Å². The van der Waals surface area contributed by atoms with Crippen molar-refractivity contribution in [1.29, 1.82) is 0 Å². The lowest BCUT2D eigenvalue weighted by Crippen LogP contribution is -2.47. The summed E-state index contributed by atoms with van der Waals surface area (Å²) in [4.78, 5) is 17.7. The van der Waals surface area contributed by atoms with Crippen molar-refractivity contribution in [2.24, 2.45) is 0 Å². The Bertz CT molecular complexity index is 940. The molecule has 2 aromatic carbocycles. The van der Waals surface area contributed by atoms with Crippen molar-refractivity contribution in [2.45, 2.75) is 77.2 Å². The Labute approximate surface area is 206 Å². The van der Waals surface area contributed by atoms with Crippen LogP contribution in [0, 0.1) is 0 Å². The van der Waals surface area contributed by atoms with E-state index in [2.05, 4.69) is 84.4 Å². The van der Waals surface area contributed by atoms with Crippen LogP contribution in [-0.2, 0) is 16.6 Å². The summed E-state index contributed by atoms with van der Waals surface area (Å²) < 4.78 is 0. The van der Waals surface area contributed by atoms with Gasteiger partial charge in [-0.3, -0.25) is 9.69 Å². The van der Waals surface area contributed by atoms with Crippen LogP contribution in [0.3, 0.4) is 0 Å². The van der Waals surface area contributed by atoms with Crippen LogP contribution in [0.2, 0.25) is 0 Å². The minimum absolute atomic E-state index is 0.167. The molecule has 4 rings (SSSR count). The largest absolute Gasteiger partial charge is 0.369 e. The van der Waals surface area contributed by atoms with E-state index in [-0.39, 0.29) is 17.4 Å². The van der Waals surface area contributed by atoms with Gasteiger partial charge in [0.25, 0.3) is 0 Å². The van der Waals surface area contributed by atoms with E-state index in [1.54, 1.807) is 0 Å². The average Bonchev–Trinajstić information content (AvgIpc) is 2.84. The first-order valence-electron chi connectivity index (χ1n) is 13.4. The highest BCUT2D eigenvalue weighted by Gasteiger charge is 2.24. The number of hydrogen-bond acceptors (Lipinski definition) is 3. The molecule has 1 aliphatic carbocycles. The average molecular weight is 462 g/mol. The van der Waals surface area contributed by atoms with Crippen molar-refractivity contribution in [3.8, 4) is 0 Å². The number of hydrogen-bond donors (Lipinski definition) is 1. The molecule has 0 spiro atoms. The Balaban J connectivity index is 1.13. The van der Waals surface area contributed by atoms with Gasteiger partial charge in [0.05, 0.1) is 6.04 Å². The van der Waals surface area contributed by atoms with Crippen molar-refractivity contribution < 1.29 is 4.79 Å². The van der Waals surface area contributed by atoms with Crippen molar-refractivity contribution in [3.05, 3.63) is 65.2 Å². The van der Waals surface area contributed by atoms with Gasteiger partial charge < -0.3 is 10.2 Å². The van der Waals surface area contributed by atoms with E-state index in [0.29, 0.717) is 6.42 Å². The minimum Gasteiger partial charge on any atom is -0.369 e. The lowest BCUT2D eigenvalue weighted by Gasteiger charge is -2.38. The van der Waals surface area contributed by atoms with Gasteiger partial charge in [-0.25, -0.2) is 0 Å². The minimum atomic E-state index is 0.167. The number of unbranched alkanes of at least 4 members (excludes halogenated alkanes) is 2. The Morgan fingerprint density at radius 3 is 2.47 bits per heavy atom. The van der Waals surface area contributed by atoms with E-state index < -0.39 is 0 Å². The molecule has 1 saturated heterocycles. The number of carbonyl (C=O) groups excluding carboxylic acids is 1. The number of rotatable bonds is 8. The number of para-hydroxylation sites is 1. The van der Waals surface area contributed by atoms with Crippen LogP contribution in [0.15, 0.2) is 48.5 Å². The van der Waals surface area contributed by atoms with Gasteiger partial charge >= 0.3 is 0 Å². The predicted octanol–water partition coefficient (Wildman–Crippen LogP) is 5.86. The van der Waals surface area contributed by atoms with E-state index in [1.807, 2.05) is 0 Å². The van der Waals surface area contributed by atoms with Gasteiger partial charge in [-0.15, -0.1) is 0 Å². The molecule has 1 aliphatic heterocycles. The van der Waals surface area contributed by atoms with Crippen LogP contribution in [0.25, 0.3) is 0 Å². The van der Waals surface area contributed by atoms with Crippen LogP contribution in [-0.4, -0.2) is 43.5 Å². The van der Waals surface area contributed by atoms with Crippen molar-refractivity contribution in [3.63, 3.8) is 0 Å². The summed E-state index contributed by atoms with van der Waals surface area (Å²) in [7, 11) is 0. The van der Waals surface area contributed by atoms with Crippen LogP contribution < -0.4 is 10.2 Å². The lowest BCUT2D eigenvalue weighted by atomic mass is 9.85. The summed E-state index contributed by atoms with van der Waals surface area (Å²) in [6, 6.07) is 17.7. The maximum atomic E-state index is 12.5. The molecule has 1 heterocycles. The van der Waals surface area contributed by atoms with E-state index in [0.717, 1.165) is 64.8 Å². The molecule has 0 bridgehead atoms. The normalized spacial score (nSPS) is 19.0. The highest BCUT2D eigenvalue weighted by atomic mass is 16.1. The van der Waals surface area contributed by atoms with Gasteiger partial charge in [0, 0.05) is 38.3 Å². The van der Waals surface area contributed by atoms with Crippen molar-refractivity contribution in [1.82, 2.24) is 10.2 Å². The number of aryl methyl sites for hydroxylation is 1. The summed E-state index contributed by atoms with van der Waals surface area (Å²) >= 11 is 0. The number of piperazine rings is 1. The first kappa shape index (κ1) is 24.8. The Morgan fingerprint density at radius 2 is 1.68 bits per heavy atom. The zero-order valence-electron chi connectivity index (χ0n) is 21.5. The molecule has 1 amide bonds. The Morgan fingerprint density at radius 1 is 0.941 bits per heavy atom. The smallest absolute Gasteiger partial charge is 0.220 e. The monoisotopic (exact) mass is 461 g/mol. The summed E-state index contributed by atoms with van der Waals surface area (Å²) in [5.74, 6) is 0.216. The molecule has 1 atom stereocenters. The fourth-order valence-corrected chi connectivity index (χ4v) is 5.56. The second kappa shape index (κ2) is 11.4. The molecule has 184 valence electrons. The topological polar surface area (TPSA) is 35.6 Å². The van der Waals surface area contributed by atoms with Crippen molar-refractivity contribution in [2.75, 3.05) is 37.6 Å². The van der Waals surface area contributed by atoms with Gasteiger partial charge in [0.15, 0.2) is 0 Å². The van der Waals surface area contributed by atoms with Gasteiger partial charge in [-0.05, 0) is 66.8 Å². The molecule has 34 heavy (non-hydrogen) atoms.